The highest BCUT2D eigenvalue weighted by molar-refractivity contribution is 6.18. The molecule has 1 aliphatic heterocycles. The number of aliphatic carboxylic acids is 2. The highest BCUT2D eigenvalue weighted by atomic mass is 35.5. The zero-order valence-electron chi connectivity index (χ0n) is 13.9. The van der Waals surface area contributed by atoms with Crippen molar-refractivity contribution >= 4 is 29.6 Å². The summed E-state index contributed by atoms with van der Waals surface area (Å²) in [5.41, 5.74) is 0. The second kappa shape index (κ2) is 13.1. The fraction of sp³-hybridized carbons (Fsp3) is 0.643. The average Bonchev–Trinajstić information content (AvgIpc) is 2.58. The number of nitrogens with one attached hydrogen (secondary N) is 1. The van der Waals surface area contributed by atoms with E-state index in [0.29, 0.717) is 12.2 Å². The van der Waals surface area contributed by atoms with Crippen LogP contribution in [-0.4, -0.2) is 66.0 Å². The molecule has 1 saturated heterocycles. The highest BCUT2D eigenvalue weighted by Crippen LogP contribution is 2.10. The highest BCUT2D eigenvalue weighted by Gasteiger charge is 2.22. The molecule has 2 amide bonds. The predicted octanol–water partition coefficient (Wildman–Crippen LogP) is -1.56. The fourth-order valence-electron chi connectivity index (χ4n) is 2.11. The van der Waals surface area contributed by atoms with E-state index in [1.54, 1.807) is 0 Å². The van der Waals surface area contributed by atoms with Gasteiger partial charge in [-0.2, -0.15) is 5.01 Å². The van der Waals surface area contributed by atoms with Gasteiger partial charge >= 0.3 is 6.03 Å². The van der Waals surface area contributed by atoms with Gasteiger partial charge in [-0.15, -0.1) is 16.5 Å². The summed E-state index contributed by atoms with van der Waals surface area (Å²) in [5, 5.41) is 25.1. The van der Waals surface area contributed by atoms with Gasteiger partial charge in [-0.05, 0) is 38.1 Å². The Hall–Kier alpha value is -2.20. The molecule has 0 saturated carbocycles. The van der Waals surface area contributed by atoms with E-state index in [1.165, 1.54) is 0 Å². The van der Waals surface area contributed by atoms with E-state index >= 15 is 0 Å². The molecule has 1 aliphatic rings. The Balaban J connectivity index is 0.000000609. The SMILES string of the molecule is CCN1CCCC(NC(=O)N(CCCl)N=O)C1.O=C([O-])/C=C/C(=O)[O-]. The number of piperidine rings is 1. The summed E-state index contributed by atoms with van der Waals surface area (Å²) < 4.78 is 0. The number of likely N-dealkylation sites (tertiary alicyclic amines) is 1. The van der Waals surface area contributed by atoms with Crippen molar-refractivity contribution in [2.75, 3.05) is 32.1 Å². The molecule has 0 aromatic heterocycles. The number of halogens is 1. The average molecular weight is 377 g/mol. The normalized spacial score (nSPS) is 17.3. The van der Waals surface area contributed by atoms with Crippen LogP contribution in [0.1, 0.15) is 19.8 Å². The number of hydrogen-bond donors (Lipinski definition) is 1. The van der Waals surface area contributed by atoms with Crippen molar-refractivity contribution in [2.24, 2.45) is 5.29 Å². The van der Waals surface area contributed by atoms with Crippen molar-refractivity contribution < 1.29 is 24.6 Å². The summed E-state index contributed by atoms with van der Waals surface area (Å²) in [4.78, 5) is 43.2. The Kier molecular flexibility index (Phi) is 12.0. The zero-order valence-corrected chi connectivity index (χ0v) is 14.6. The number of rotatable bonds is 7. The summed E-state index contributed by atoms with van der Waals surface area (Å²) in [7, 11) is 0. The largest absolute Gasteiger partial charge is 0.545 e. The topological polar surface area (TPSA) is 145 Å². The first-order valence-electron chi connectivity index (χ1n) is 7.63. The van der Waals surface area contributed by atoms with Gasteiger partial charge in [0, 0.05) is 18.5 Å². The lowest BCUT2D eigenvalue weighted by atomic mass is 10.1. The maximum absolute atomic E-state index is 11.7. The van der Waals surface area contributed by atoms with Crippen LogP contribution in [0, 0.1) is 4.91 Å². The van der Waals surface area contributed by atoms with E-state index in [-0.39, 0.29) is 18.5 Å². The molecule has 0 bridgehead atoms. The summed E-state index contributed by atoms with van der Waals surface area (Å²) in [6, 6.07) is -0.362. The second-order valence-corrected chi connectivity index (χ2v) is 5.43. The van der Waals surface area contributed by atoms with Crippen molar-refractivity contribution in [3.8, 4) is 0 Å². The monoisotopic (exact) mass is 376 g/mol. The Morgan fingerprint density at radius 1 is 1.32 bits per heavy atom. The quantitative estimate of drug-likeness (QED) is 0.245. The third-order valence-corrected chi connectivity index (χ3v) is 3.43. The molecule has 0 aromatic carbocycles. The number of carboxylic acid groups (broad SMARTS) is 2. The molecule has 10 nitrogen and oxygen atoms in total. The smallest absolute Gasteiger partial charge is 0.340 e. The number of carbonyl (C=O) groups excluding carboxylic acids is 3. The first kappa shape index (κ1) is 22.8. The standard InChI is InChI=1S/C10H19ClN4O2.C4H4O4/c1-2-14-6-3-4-9(8-14)12-10(16)15(13-17)7-5-11;5-3(6)1-2-4(7)8/h9H,2-8H2,1H3,(H,12,16);1-2H,(H,5,6)(H,7,8)/p-2/b;2-1+. The molecule has 1 rings (SSSR count). The maximum atomic E-state index is 11.7. The van der Waals surface area contributed by atoms with Gasteiger partial charge < -0.3 is 30.0 Å². The van der Waals surface area contributed by atoms with Crippen LogP contribution in [0.15, 0.2) is 17.4 Å². The van der Waals surface area contributed by atoms with Crippen LogP contribution in [-0.2, 0) is 9.59 Å². The van der Waals surface area contributed by atoms with Crippen LogP contribution >= 0.6 is 11.6 Å². The van der Waals surface area contributed by atoms with Crippen molar-refractivity contribution in [3.63, 3.8) is 0 Å². The van der Waals surface area contributed by atoms with Gasteiger partial charge in [0.15, 0.2) is 0 Å². The van der Waals surface area contributed by atoms with Gasteiger partial charge in [0.2, 0.25) is 0 Å². The van der Waals surface area contributed by atoms with Gasteiger partial charge in [-0.3, -0.25) is 0 Å². The van der Waals surface area contributed by atoms with E-state index in [9.17, 15) is 29.5 Å². The zero-order chi connectivity index (χ0) is 19.2. The first-order valence-corrected chi connectivity index (χ1v) is 8.17. The molecule has 0 radical (unpaired) electrons. The molecule has 0 aromatic rings. The third kappa shape index (κ3) is 11.1. The van der Waals surface area contributed by atoms with Gasteiger partial charge in [-0.1, -0.05) is 6.92 Å². The molecule has 1 N–H and O–H groups in total. The maximum Gasteiger partial charge on any atom is 0.340 e. The molecule has 25 heavy (non-hydrogen) atoms. The molecular formula is C14H21ClN4O6-2. The van der Waals surface area contributed by atoms with Crippen LogP contribution in [0.2, 0.25) is 0 Å². The minimum atomic E-state index is -1.55. The van der Waals surface area contributed by atoms with E-state index in [4.69, 9.17) is 11.6 Å². The molecule has 11 heteroatoms. The summed E-state index contributed by atoms with van der Waals surface area (Å²) in [5.74, 6) is -2.89. The van der Waals surface area contributed by atoms with E-state index in [0.717, 1.165) is 37.5 Å². The van der Waals surface area contributed by atoms with Crippen LogP contribution in [0.4, 0.5) is 4.79 Å². The van der Waals surface area contributed by atoms with Gasteiger partial charge in [0.05, 0.1) is 23.8 Å². The number of nitroso groups, excluding NO2 is 1. The molecule has 142 valence electrons. The number of nitrogens with zero attached hydrogens (tertiary/aromatic N) is 3. The van der Waals surface area contributed by atoms with Crippen LogP contribution in [0.3, 0.4) is 0 Å². The molecular weight excluding hydrogens is 356 g/mol. The Labute approximate surface area is 150 Å². The van der Waals surface area contributed by atoms with Gasteiger partial charge in [0.25, 0.3) is 0 Å². The summed E-state index contributed by atoms with van der Waals surface area (Å²) >= 11 is 5.48. The lowest BCUT2D eigenvalue weighted by Gasteiger charge is -2.32. The lowest BCUT2D eigenvalue weighted by molar-refractivity contribution is -0.301. The number of urea groups is 1. The van der Waals surface area contributed by atoms with Crippen LogP contribution in [0.25, 0.3) is 0 Å². The summed E-state index contributed by atoms with van der Waals surface area (Å²) in [6.45, 7) is 5.11. The van der Waals surface area contributed by atoms with Gasteiger partial charge in [0.1, 0.15) is 0 Å². The molecule has 0 aliphatic carbocycles. The molecule has 0 spiro atoms. The van der Waals surface area contributed by atoms with Crippen molar-refractivity contribution in [1.82, 2.24) is 15.2 Å². The third-order valence-electron chi connectivity index (χ3n) is 3.27. The molecule has 1 heterocycles. The minimum Gasteiger partial charge on any atom is -0.545 e. The van der Waals surface area contributed by atoms with Crippen molar-refractivity contribution in [2.45, 2.75) is 25.8 Å². The minimum absolute atomic E-state index is 0.0933. The summed E-state index contributed by atoms with van der Waals surface area (Å²) in [6.07, 6.45) is 2.77. The van der Waals surface area contributed by atoms with Crippen molar-refractivity contribution in [3.05, 3.63) is 17.1 Å². The van der Waals surface area contributed by atoms with E-state index in [1.807, 2.05) is 0 Å². The Morgan fingerprint density at radius 2 is 1.92 bits per heavy atom. The number of likely N-dealkylation sites (N-methyl/N-ethyl adjacent to an activating group) is 1. The molecule has 1 atom stereocenters. The van der Waals surface area contributed by atoms with Crippen LogP contribution < -0.4 is 15.5 Å². The number of carboxylic acids is 2. The number of amides is 2. The Bertz CT molecular complexity index is 472. The van der Waals surface area contributed by atoms with E-state index < -0.39 is 18.0 Å². The predicted molar refractivity (Wildman–Crippen MR) is 86.0 cm³/mol. The number of alkyl halides is 1. The molecule has 1 fully saturated rings. The lowest BCUT2D eigenvalue weighted by Crippen LogP contribution is -2.50. The fourth-order valence-corrected chi connectivity index (χ4v) is 2.27. The van der Waals surface area contributed by atoms with Gasteiger partial charge in [-0.25, -0.2) is 4.79 Å². The number of hydrogen-bond acceptors (Lipinski definition) is 8. The Morgan fingerprint density at radius 3 is 2.36 bits per heavy atom. The number of carbonyl (C=O) groups is 3. The first-order chi connectivity index (χ1) is 11.8. The molecule has 1 unspecified atom stereocenters. The van der Waals surface area contributed by atoms with Crippen molar-refractivity contribution in [1.29, 1.82) is 0 Å². The van der Waals surface area contributed by atoms with Crippen LogP contribution in [0.5, 0.6) is 0 Å². The van der Waals surface area contributed by atoms with E-state index in [2.05, 4.69) is 22.4 Å². The second-order valence-electron chi connectivity index (χ2n) is 5.05.